The summed E-state index contributed by atoms with van der Waals surface area (Å²) < 4.78 is 17.1. The first-order chi connectivity index (χ1) is 9.52. The van der Waals surface area contributed by atoms with Crippen LogP contribution in [0.1, 0.15) is 18.2 Å². The number of anilines is 1. The Balaban J connectivity index is 2.34. The van der Waals surface area contributed by atoms with Gasteiger partial charge in [-0.2, -0.15) is 5.10 Å². The maximum Gasteiger partial charge on any atom is 0.207 e. The second-order valence-electron chi connectivity index (χ2n) is 4.81. The fourth-order valence-electron chi connectivity index (χ4n) is 2.43. The van der Waals surface area contributed by atoms with Crippen molar-refractivity contribution in [2.24, 2.45) is 0 Å². The summed E-state index contributed by atoms with van der Waals surface area (Å²) in [6.07, 6.45) is 0. The summed E-state index contributed by atoms with van der Waals surface area (Å²) in [6, 6.07) is 4.90. The lowest BCUT2D eigenvalue weighted by molar-refractivity contribution is 0.618. The number of rotatable bonds is 2. The monoisotopic (exact) mass is 273 g/mol. The van der Waals surface area contributed by atoms with Crippen LogP contribution in [0.5, 0.6) is 0 Å². The van der Waals surface area contributed by atoms with E-state index < -0.39 is 0 Å². The Morgan fingerprint density at radius 1 is 1.30 bits per heavy atom. The van der Waals surface area contributed by atoms with Crippen molar-refractivity contribution in [2.75, 3.05) is 5.73 Å². The Labute approximate surface area is 115 Å². The van der Waals surface area contributed by atoms with Crippen molar-refractivity contribution < 1.29 is 4.39 Å². The number of halogens is 1. The molecule has 0 unspecified atom stereocenters. The molecule has 2 aromatic heterocycles. The maximum atomic E-state index is 13.4. The van der Waals surface area contributed by atoms with E-state index in [-0.39, 0.29) is 5.82 Å². The zero-order chi connectivity index (χ0) is 14.4. The van der Waals surface area contributed by atoms with Crippen LogP contribution in [0.4, 0.5) is 10.3 Å². The predicted octanol–water partition coefficient (Wildman–Crippen LogP) is 2.58. The van der Waals surface area contributed by atoms with Crippen LogP contribution in [0.3, 0.4) is 0 Å². The van der Waals surface area contributed by atoms with Crippen molar-refractivity contribution in [3.63, 3.8) is 0 Å². The van der Waals surface area contributed by atoms with Crippen molar-refractivity contribution in [1.29, 1.82) is 0 Å². The summed E-state index contributed by atoms with van der Waals surface area (Å²) in [6.45, 7) is 6.36. The zero-order valence-corrected chi connectivity index (χ0v) is 11.7. The highest BCUT2D eigenvalue weighted by Gasteiger charge is 2.18. The van der Waals surface area contributed by atoms with E-state index >= 15 is 0 Å². The van der Waals surface area contributed by atoms with E-state index in [0.717, 1.165) is 29.1 Å². The minimum absolute atomic E-state index is 0.233. The SMILES string of the molecule is CCn1nc(C)c2nc(N)n(-c3ccc(F)c(C)c3)c21. The predicted molar refractivity (Wildman–Crippen MR) is 76.4 cm³/mol. The molecule has 3 rings (SSSR count). The van der Waals surface area contributed by atoms with Gasteiger partial charge in [0.1, 0.15) is 11.3 Å². The number of nitrogens with two attached hydrogens (primary N) is 1. The smallest absolute Gasteiger partial charge is 0.207 e. The standard InChI is InChI=1S/C14H16FN5/c1-4-19-13-12(9(3)18-19)17-14(16)20(13)10-5-6-11(15)8(2)7-10/h5-7H,4H2,1-3H3,(H2,16,17). The number of aromatic nitrogens is 4. The molecular weight excluding hydrogens is 257 g/mol. The fraction of sp³-hybridized carbons (Fsp3) is 0.286. The van der Waals surface area contributed by atoms with E-state index in [1.165, 1.54) is 6.07 Å². The third-order valence-corrected chi connectivity index (χ3v) is 3.44. The Morgan fingerprint density at radius 2 is 2.05 bits per heavy atom. The molecule has 0 aliphatic carbocycles. The first-order valence-electron chi connectivity index (χ1n) is 6.50. The molecule has 20 heavy (non-hydrogen) atoms. The van der Waals surface area contributed by atoms with Crippen LogP contribution in [-0.4, -0.2) is 19.3 Å². The van der Waals surface area contributed by atoms with Crippen molar-refractivity contribution in [2.45, 2.75) is 27.3 Å². The quantitative estimate of drug-likeness (QED) is 0.780. The van der Waals surface area contributed by atoms with Crippen molar-refractivity contribution in [3.05, 3.63) is 35.3 Å². The van der Waals surface area contributed by atoms with Crippen LogP contribution in [0.25, 0.3) is 16.9 Å². The van der Waals surface area contributed by atoms with E-state index in [1.807, 2.05) is 23.1 Å². The molecule has 0 bridgehead atoms. The van der Waals surface area contributed by atoms with E-state index in [9.17, 15) is 4.39 Å². The summed E-state index contributed by atoms with van der Waals surface area (Å²) in [5.41, 5.74) is 9.85. The van der Waals surface area contributed by atoms with Crippen molar-refractivity contribution >= 4 is 17.1 Å². The lowest BCUT2D eigenvalue weighted by Gasteiger charge is -2.09. The number of benzene rings is 1. The van der Waals surface area contributed by atoms with Crippen LogP contribution in [0.2, 0.25) is 0 Å². The Kier molecular flexibility index (Phi) is 2.74. The number of fused-ring (bicyclic) bond motifs is 1. The molecule has 0 atom stereocenters. The summed E-state index contributed by atoms with van der Waals surface area (Å²) in [7, 11) is 0. The lowest BCUT2D eigenvalue weighted by Crippen LogP contribution is -2.07. The van der Waals surface area contributed by atoms with Crippen molar-refractivity contribution in [1.82, 2.24) is 19.3 Å². The second kappa shape index (κ2) is 4.33. The van der Waals surface area contributed by atoms with Gasteiger partial charge in [0.25, 0.3) is 0 Å². The molecule has 5 nitrogen and oxygen atoms in total. The van der Waals surface area contributed by atoms with Gasteiger partial charge in [0, 0.05) is 6.54 Å². The van der Waals surface area contributed by atoms with Crippen LogP contribution in [0, 0.1) is 19.7 Å². The van der Waals surface area contributed by atoms with E-state index in [0.29, 0.717) is 11.5 Å². The minimum atomic E-state index is -0.233. The van der Waals surface area contributed by atoms with Crippen molar-refractivity contribution in [3.8, 4) is 5.69 Å². The van der Waals surface area contributed by atoms with E-state index in [2.05, 4.69) is 10.1 Å². The number of aryl methyl sites for hydroxylation is 3. The third kappa shape index (κ3) is 1.68. The fourth-order valence-corrected chi connectivity index (χ4v) is 2.43. The largest absolute Gasteiger partial charge is 0.369 e. The van der Waals surface area contributed by atoms with Gasteiger partial charge in [0.05, 0.1) is 11.4 Å². The van der Waals surface area contributed by atoms with Crippen LogP contribution < -0.4 is 5.73 Å². The first-order valence-corrected chi connectivity index (χ1v) is 6.50. The van der Waals surface area contributed by atoms with Crippen LogP contribution >= 0.6 is 0 Å². The Morgan fingerprint density at radius 3 is 2.70 bits per heavy atom. The summed E-state index contributed by atoms with van der Waals surface area (Å²) >= 11 is 0. The number of imidazole rings is 1. The third-order valence-electron chi connectivity index (χ3n) is 3.44. The van der Waals surface area contributed by atoms with E-state index in [1.54, 1.807) is 19.1 Å². The van der Waals surface area contributed by atoms with Gasteiger partial charge in [0.15, 0.2) is 5.65 Å². The molecule has 0 amide bonds. The molecule has 2 heterocycles. The second-order valence-corrected chi connectivity index (χ2v) is 4.81. The summed E-state index contributed by atoms with van der Waals surface area (Å²) in [4.78, 5) is 4.37. The molecule has 0 aliphatic rings. The van der Waals surface area contributed by atoms with Crippen LogP contribution in [0.15, 0.2) is 18.2 Å². The molecule has 3 aromatic rings. The number of hydrogen-bond acceptors (Lipinski definition) is 3. The first kappa shape index (κ1) is 12.7. The number of nitrogens with zero attached hydrogens (tertiary/aromatic N) is 4. The summed E-state index contributed by atoms with van der Waals surface area (Å²) in [5, 5.41) is 4.44. The molecular formula is C14H16FN5. The molecule has 0 radical (unpaired) electrons. The number of nitrogen functional groups attached to an aromatic ring is 1. The highest BCUT2D eigenvalue weighted by Crippen LogP contribution is 2.26. The van der Waals surface area contributed by atoms with Gasteiger partial charge in [-0.05, 0) is 44.5 Å². The van der Waals surface area contributed by atoms with Gasteiger partial charge in [-0.3, -0.25) is 4.57 Å². The number of hydrogen-bond donors (Lipinski definition) is 1. The Hall–Kier alpha value is -2.37. The van der Waals surface area contributed by atoms with Gasteiger partial charge in [-0.25, -0.2) is 14.1 Å². The normalized spacial score (nSPS) is 11.4. The molecule has 0 aliphatic heterocycles. The highest BCUT2D eigenvalue weighted by atomic mass is 19.1. The highest BCUT2D eigenvalue weighted by molar-refractivity contribution is 5.80. The average Bonchev–Trinajstić information content (AvgIpc) is 2.90. The van der Waals surface area contributed by atoms with Gasteiger partial charge in [0.2, 0.25) is 5.95 Å². The molecule has 0 spiro atoms. The van der Waals surface area contributed by atoms with Gasteiger partial charge in [-0.1, -0.05) is 0 Å². The van der Waals surface area contributed by atoms with Crippen LogP contribution in [-0.2, 0) is 6.54 Å². The molecule has 2 N–H and O–H groups in total. The zero-order valence-electron chi connectivity index (χ0n) is 11.7. The molecule has 0 fully saturated rings. The van der Waals surface area contributed by atoms with Gasteiger partial charge >= 0.3 is 0 Å². The molecule has 0 saturated carbocycles. The van der Waals surface area contributed by atoms with Gasteiger partial charge in [-0.15, -0.1) is 0 Å². The average molecular weight is 273 g/mol. The Bertz CT molecular complexity index is 800. The van der Waals surface area contributed by atoms with E-state index in [4.69, 9.17) is 5.73 Å². The minimum Gasteiger partial charge on any atom is -0.369 e. The molecule has 6 heteroatoms. The topological polar surface area (TPSA) is 61.7 Å². The maximum absolute atomic E-state index is 13.4. The van der Waals surface area contributed by atoms with Gasteiger partial charge < -0.3 is 5.73 Å². The molecule has 0 saturated heterocycles. The molecule has 104 valence electrons. The summed E-state index contributed by atoms with van der Waals surface area (Å²) in [5.74, 6) is 0.151. The lowest BCUT2D eigenvalue weighted by atomic mass is 10.2. The molecule has 1 aromatic carbocycles.